The fourth-order valence-corrected chi connectivity index (χ4v) is 3.12. The zero-order valence-corrected chi connectivity index (χ0v) is 18.8. The van der Waals surface area contributed by atoms with E-state index in [1.807, 2.05) is 0 Å². The van der Waals surface area contributed by atoms with Gasteiger partial charge in [0.05, 0.1) is 10.6 Å². The molecule has 0 aliphatic carbocycles. The maximum atomic E-state index is 13.4. The summed E-state index contributed by atoms with van der Waals surface area (Å²) in [5, 5.41) is 9.02. The Morgan fingerprint density at radius 2 is 1.85 bits per heavy atom. The zero-order chi connectivity index (χ0) is 25.5. The van der Waals surface area contributed by atoms with Crippen molar-refractivity contribution >= 4 is 41.4 Å². The van der Waals surface area contributed by atoms with Crippen molar-refractivity contribution < 1.29 is 51.6 Å². The number of nitrogens with zero attached hydrogens (tertiary/aromatic N) is 2. The predicted octanol–water partition coefficient (Wildman–Crippen LogP) is 3.49. The average Bonchev–Trinajstić information content (AvgIpc) is 2.71. The smallest absolute Gasteiger partial charge is 0.474 e. The fraction of sp³-hybridized carbons (Fsp3) is 0.444. The van der Waals surface area contributed by atoms with Crippen molar-refractivity contribution in [3.8, 4) is 5.75 Å². The molecule has 16 heteroatoms. The third-order valence-corrected chi connectivity index (χ3v) is 4.63. The lowest BCUT2D eigenvalue weighted by molar-refractivity contribution is -0.757. The first-order valence-electron chi connectivity index (χ1n) is 9.25. The van der Waals surface area contributed by atoms with Crippen molar-refractivity contribution in [3.05, 3.63) is 43.4 Å². The quantitative estimate of drug-likeness (QED) is 0.191. The number of alkyl halides is 3. The second-order valence-electron chi connectivity index (χ2n) is 6.60. The molecule has 0 saturated carbocycles. The van der Waals surface area contributed by atoms with Crippen LogP contribution in [0.3, 0.4) is 0 Å². The van der Waals surface area contributed by atoms with Crippen molar-refractivity contribution in [1.29, 1.82) is 0 Å². The van der Waals surface area contributed by atoms with Gasteiger partial charge in [-0.15, -0.1) is 10.1 Å². The highest BCUT2D eigenvalue weighted by Gasteiger charge is 2.49. The Labute approximate surface area is 199 Å². The van der Waals surface area contributed by atoms with Gasteiger partial charge in [-0.1, -0.05) is 23.2 Å². The molecule has 0 fully saturated rings. The molecule has 0 N–H and O–H groups in total. The molecule has 188 valence electrons. The maximum Gasteiger partial charge on any atom is 0.511 e. The third-order valence-electron chi connectivity index (χ3n) is 4.13. The van der Waals surface area contributed by atoms with Crippen molar-refractivity contribution in [1.82, 2.24) is 4.90 Å². The molecule has 0 saturated heterocycles. The Balaban J connectivity index is 1.87. The predicted molar refractivity (Wildman–Crippen MR) is 109 cm³/mol. The SMILES string of the molecule is CN(CCOC(=O)OCOC(=O)C1=Cc2cc(Cl)cc(Cl)c2OC1C(F)(F)F)CCO[N+](=O)[O-]. The summed E-state index contributed by atoms with van der Waals surface area (Å²) in [7, 11) is 1.58. The molecule has 1 aromatic carbocycles. The van der Waals surface area contributed by atoms with Crippen LogP contribution >= 0.6 is 23.2 Å². The van der Waals surface area contributed by atoms with Gasteiger partial charge in [-0.2, -0.15) is 13.2 Å². The number of ether oxygens (including phenoxy) is 4. The molecule has 0 aromatic heterocycles. The lowest BCUT2D eigenvalue weighted by Crippen LogP contribution is -2.41. The zero-order valence-electron chi connectivity index (χ0n) is 17.3. The summed E-state index contributed by atoms with van der Waals surface area (Å²) in [4.78, 5) is 39.5. The minimum Gasteiger partial charge on any atom is -0.474 e. The van der Waals surface area contributed by atoms with E-state index in [0.29, 0.717) is 0 Å². The molecule has 11 nitrogen and oxygen atoms in total. The van der Waals surface area contributed by atoms with E-state index in [9.17, 15) is 32.9 Å². The highest BCUT2D eigenvalue weighted by atomic mass is 35.5. The number of likely N-dealkylation sites (N-methyl/N-ethyl adjacent to an activating group) is 1. The summed E-state index contributed by atoms with van der Waals surface area (Å²) < 4.78 is 59.0. The van der Waals surface area contributed by atoms with Crippen LogP contribution in [-0.2, 0) is 23.8 Å². The Morgan fingerprint density at radius 1 is 1.18 bits per heavy atom. The van der Waals surface area contributed by atoms with Crippen LogP contribution in [0.15, 0.2) is 17.7 Å². The maximum absolute atomic E-state index is 13.4. The highest BCUT2D eigenvalue weighted by Crippen LogP contribution is 2.42. The second kappa shape index (κ2) is 11.9. The third kappa shape index (κ3) is 8.11. The number of carbonyl (C=O) groups excluding carboxylic acids is 2. The molecule has 1 atom stereocenters. The minimum absolute atomic E-state index is 0.0259. The summed E-state index contributed by atoms with van der Waals surface area (Å²) >= 11 is 11.7. The van der Waals surface area contributed by atoms with Crippen molar-refractivity contribution in [2.24, 2.45) is 0 Å². The number of carbonyl (C=O) groups is 2. The van der Waals surface area contributed by atoms with Gasteiger partial charge in [0.2, 0.25) is 12.9 Å². The molecule has 1 aliphatic heterocycles. The van der Waals surface area contributed by atoms with Crippen LogP contribution in [-0.4, -0.2) is 74.5 Å². The molecular formula is C18H17Cl2F3N2O9. The van der Waals surface area contributed by atoms with E-state index in [1.165, 1.54) is 12.1 Å². The lowest BCUT2D eigenvalue weighted by Gasteiger charge is -2.28. The minimum atomic E-state index is -4.98. The molecule has 1 unspecified atom stereocenters. The van der Waals surface area contributed by atoms with E-state index in [2.05, 4.69) is 14.3 Å². The van der Waals surface area contributed by atoms with Gasteiger partial charge in [-0.05, 0) is 25.3 Å². The van der Waals surface area contributed by atoms with Gasteiger partial charge in [-0.3, -0.25) is 0 Å². The first kappa shape index (κ1) is 27.3. The molecule has 0 bridgehead atoms. The topological polar surface area (TPSA) is 127 Å². The summed E-state index contributed by atoms with van der Waals surface area (Å²) in [5.74, 6) is -1.76. The summed E-state index contributed by atoms with van der Waals surface area (Å²) in [5.41, 5.74) is -0.883. The van der Waals surface area contributed by atoms with Gasteiger partial charge in [0.15, 0.2) is 0 Å². The first-order valence-corrected chi connectivity index (χ1v) is 10.0. The number of rotatable bonds is 10. The van der Waals surface area contributed by atoms with Gasteiger partial charge >= 0.3 is 18.3 Å². The second-order valence-corrected chi connectivity index (χ2v) is 7.44. The van der Waals surface area contributed by atoms with E-state index in [4.69, 9.17) is 32.7 Å². The average molecular weight is 533 g/mol. The Bertz CT molecular complexity index is 959. The lowest BCUT2D eigenvalue weighted by atomic mass is 10.0. The molecule has 0 radical (unpaired) electrons. The molecule has 1 aromatic rings. The van der Waals surface area contributed by atoms with Crippen LogP contribution in [0, 0.1) is 10.1 Å². The van der Waals surface area contributed by atoms with Crippen LogP contribution in [0.5, 0.6) is 5.75 Å². The number of halogens is 5. The van der Waals surface area contributed by atoms with Gasteiger partial charge in [-0.25, -0.2) is 9.59 Å². The molecule has 34 heavy (non-hydrogen) atoms. The molecule has 1 aliphatic rings. The molecular weight excluding hydrogens is 516 g/mol. The Morgan fingerprint density at radius 3 is 2.50 bits per heavy atom. The first-order chi connectivity index (χ1) is 15.9. The van der Waals surface area contributed by atoms with E-state index in [1.54, 1.807) is 11.9 Å². The van der Waals surface area contributed by atoms with Crippen LogP contribution in [0.2, 0.25) is 10.0 Å². The van der Waals surface area contributed by atoms with Crippen LogP contribution in [0.4, 0.5) is 18.0 Å². The van der Waals surface area contributed by atoms with Gasteiger partial charge in [0.25, 0.3) is 5.09 Å². The summed E-state index contributed by atoms with van der Waals surface area (Å²) in [6.07, 6.45) is -8.04. The van der Waals surface area contributed by atoms with Gasteiger partial charge in [0.1, 0.15) is 19.0 Å². The number of hydrogen-bond donors (Lipinski definition) is 0. The summed E-state index contributed by atoms with van der Waals surface area (Å²) in [6, 6.07) is 2.43. The van der Waals surface area contributed by atoms with Crippen LogP contribution in [0.25, 0.3) is 6.08 Å². The van der Waals surface area contributed by atoms with Crippen LogP contribution in [0.1, 0.15) is 5.56 Å². The van der Waals surface area contributed by atoms with Gasteiger partial charge < -0.3 is 28.7 Å². The normalized spacial score (nSPS) is 15.0. The molecule has 0 amide bonds. The van der Waals surface area contributed by atoms with E-state index in [-0.39, 0.29) is 47.7 Å². The highest BCUT2D eigenvalue weighted by molar-refractivity contribution is 6.36. The monoisotopic (exact) mass is 532 g/mol. The number of esters is 1. The molecule has 1 heterocycles. The van der Waals surface area contributed by atoms with Crippen molar-refractivity contribution in [2.45, 2.75) is 12.3 Å². The van der Waals surface area contributed by atoms with E-state index >= 15 is 0 Å². The summed E-state index contributed by atoms with van der Waals surface area (Å²) in [6.45, 7) is -1.07. The number of hydrogen-bond acceptors (Lipinski definition) is 10. The standard InChI is InChI=1S/C18H17Cl2F3N2O9/c1-24(3-5-33-25(28)29)2-4-30-17(27)32-9-31-16(26)12-7-10-6-11(19)8-13(20)14(10)34-15(12)18(21,22)23/h6-8,15H,2-5,9H2,1H3. The Hall–Kier alpha value is -2.97. The largest absolute Gasteiger partial charge is 0.511 e. The van der Waals surface area contributed by atoms with E-state index < -0.39 is 41.9 Å². The molecule has 0 spiro atoms. The van der Waals surface area contributed by atoms with Crippen molar-refractivity contribution in [2.75, 3.05) is 40.1 Å². The fourth-order valence-electron chi connectivity index (χ4n) is 2.57. The Kier molecular flexibility index (Phi) is 9.58. The van der Waals surface area contributed by atoms with E-state index in [0.717, 1.165) is 6.08 Å². The van der Waals surface area contributed by atoms with Gasteiger partial charge in [0, 0.05) is 23.7 Å². The van der Waals surface area contributed by atoms with Crippen LogP contribution < -0.4 is 4.74 Å². The molecule has 2 rings (SSSR count). The number of benzene rings is 1. The number of fused-ring (bicyclic) bond motifs is 1. The van der Waals surface area contributed by atoms with Crippen molar-refractivity contribution in [3.63, 3.8) is 0 Å².